The van der Waals surface area contributed by atoms with Crippen molar-refractivity contribution in [3.8, 4) is 0 Å². The summed E-state index contributed by atoms with van der Waals surface area (Å²) in [6.45, 7) is 1.92. The van der Waals surface area contributed by atoms with E-state index in [1.807, 2.05) is 37.3 Å². The molecule has 3 N–H and O–H groups in total. The molecule has 0 aliphatic heterocycles. The van der Waals surface area contributed by atoms with Gasteiger partial charge in [-0.1, -0.05) is 43.2 Å². The van der Waals surface area contributed by atoms with Gasteiger partial charge in [-0.05, 0) is 31.7 Å². The third kappa shape index (κ3) is 3.10. The SMILES string of the molecule is CC(Cc1ccccc1)(NC1CCCC1)C(N)=O. The zero-order chi connectivity index (χ0) is 13.0. The Morgan fingerprint density at radius 1 is 1.33 bits per heavy atom. The summed E-state index contributed by atoms with van der Waals surface area (Å²) in [7, 11) is 0. The molecule has 0 radical (unpaired) electrons. The molecule has 2 rings (SSSR count). The summed E-state index contributed by atoms with van der Waals surface area (Å²) in [5.41, 5.74) is 6.10. The van der Waals surface area contributed by atoms with E-state index in [-0.39, 0.29) is 5.91 Å². The minimum absolute atomic E-state index is 0.266. The van der Waals surface area contributed by atoms with Crippen LogP contribution in [0.2, 0.25) is 0 Å². The second kappa shape index (κ2) is 5.53. The van der Waals surface area contributed by atoms with Crippen LogP contribution in [0.15, 0.2) is 30.3 Å². The highest BCUT2D eigenvalue weighted by Crippen LogP contribution is 2.22. The third-order valence-electron chi connectivity index (χ3n) is 3.82. The fourth-order valence-electron chi connectivity index (χ4n) is 2.73. The molecule has 0 bridgehead atoms. The quantitative estimate of drug-likeness (QED) is 0.835. The summed E-state index contributed by atoms with van der Waals surface area (Å²) in [6, 6.07) is 10.5. The van der Waals surface area contributed by atoms with Crippen LogP contribution in [0.1, 0.15) is 38.2 Å². The highest BCUT2D eigenvalue weighted by atomic mass is 16.1. The molecule has 1 amide bonds. The molecule has 98 valence electrons. The van der Waals surface area contributed by atoms with Crippen LogP contribution in [0.4, 0.5) is 0 Å². The minimum Gasteiger partial charge on any atom is -0.368 e. The average molecular weight is 246 g/mol. The van der Waals surface area contributed by atoms with Gasteiger partial charge in [0.15, 0.2) is 0 Å². The summed E-state index contributed by atoms with van der Waals surface area (Å²) in [5, 5.41) is 3.47. The monoisotopic (exact) mass is 246 g/mol. The Morgan fingerprint density at radius 2 is 1.94 bits per heavy atom. The molecule has 1 saturated carbocycles. The molecule has 3 heteroatoms. The number of carbonyl (C=O) groups excluding carboxylic acids is 1. The number of primary amides is 1. The van der Waals surface area contributed by atoms with Crippen molar-refractivity contribution in [2.24, 2.45) is 5.73 Å². The summed E-state index contributed by atoms with van der Waals surface area (Å²) < 4.78 is 0. The van der Waals surface area contributed by atoms with Crippen molar-refractivity contribution < 1.29 is 4.79 Å². The maximum Gasteiger partial charge on any atom is 0.237 e. The Hall–Kier alpha value is -1.35. The molecule has 1 aromatic rings. The summed E-state index contributed by atoms with van der Waals surface area (Å²) in [6.07, 6.45) is 5.45. The lowest BCUT2D eigenvalue weighted by Crippen LogP contribution is -2.57. The van der Waals surface area contributed by atoms with E-state index in [9.17, 15) is 4.79 Å². The Bertz CT molecular complexity index is 398. The van der Waals surface area contributed by atoms with Gasteiger partial charge in [0.2, 0.25) is 5.91 Å². The zero-order valence-corrected chi connectivity index (χ0v) is 11.0. The van der Waals surface area contributed by atoms with Gasteiger partial charge >= 0.3 is 0 Å². The highest BCUT2D eigenvalue weighted by molar-refractivity contribution is 5.84. The van der Waals surface area contributed by atoms with E-state index in [1.54, 1.807) is 0 Å². The predicted octanol–water partition coefficient (Wildman–Crippen LogP) is 2.01. The standard InChI is InChI=1S/C15H22N2O/c1-15(14(16)18,17-13-9-5-6-10-13)11-12-7-3-2-4-8-12/h2-4,7-8,13,17H,5-6,9-11H2,1H3,(H2,16,18). The van der Waals surface area contributed by atoms with Crippen LogP contribution in [0, 0.1) is 0 Å². The minimum atomic E-state index is -0.643. The van der Waals surface area contributed by atoms with E-state index in [2.05, 4.69) is 5.32 Å². The van der Waals surface area contributed by atoms with Crippen LogP contribution in [-0.4, -0.2) is 17.5 Å². The molecule has 1 fully saturated rings. The van der Waals surface area contributed by atoms with Gasteiger partial charge in [-0.15, -0.1) is 0 Å². The highest BCUT2D eigenvalue weighted by Gasteiger charge is 2.34. The van der Waals surface area contributed by atoms with Crippen LogP contribution in [-0.2, 0) is 11.2 Å². The van der Waals surface area contributed by atoms with Crippen molar-refractivity contribution in [1.82, 2.24) is 5.32 Å². The Labute approximate surface area is 109 Å². The third-order valence-corrected chi connectivity index (χ3v) is 3.82. The van der Waals surface area contributed by atoms with Crippen LogP contribution >= 0.6 is 0 Å². The molecule has 0 aromatic heterocycles. The molecule has 1 aromatic carbocycles. The number of hydrogen-bond donors (Lipinski definition) is 2. The van der Waals surface area contributed by atoms with Crippen molar-refractivity contribution in [3.05, 3.63) is 35.9 Å². The van der Waals surface area contributed by atoms with Gasteiger partial charge in [0.25, 0.3) is 0 Å². The van der Waals surface area contributed by atoms with E-state index >= 15 is 0 Å². The molecule has 0 saturated heterocycles. The topological polar surface area (TPSA) is 55.1 Å². The first kappa shape index (κ1) is 13.1. The average Bonchev–Trinajstić information content (AvgIpc) is 2.82. The van der Waals surface area contributed by atoms with Crippen molar-refractivity contribution in [3.63, 3.8) is 0 Å². The Balaban J connectivity index is 2.08. The Kier molecular flexibility index (Phi) is 4.02. The lowest BCUT2D eigenvalue weighted by atomic mass is 9.91. The maximum atomic E-state index is 11.8. The van der Waals surface area contributed by atoms with Gasteiger partial charge in [-0.2, -0.15) is 0 Å². The van der Waals surface area contributed by atoms with Crippen LogP contribution in [0.5, 0.6) is 0 Å². The maximum absolute atomic E-state index is 11.8. The number of carbonyl (C=O) groups is 1. The molecular formula is C15H22N2O. The smallest absolute Gasteiger partial charge is 0.237 e. The molecule has 1 aliphatic rings. The second-order valence-electron chi connectivity index (χ2n) is 5.48. The van der Waals surface area contributed by atoms with E-state index in [1.165, 1.54) is 12.8 Å². The molecular weight excluding hydrogens is 224 g/mol. The lowest BCUT2D eigenvalue weighted by molar-refractivity contribution is -0.124. The molecule has 1 aliphatic carbocycles. The van der Waals surface area contributed by atoms with Gasteiger partial charge in [0, 0.05) is 6.04 Å². The molecule has 0 spiro atoms. The Morgan fingerprint density at radius 3 is 2.50 bits per heavy atom. The van der Waals surface area contributed by atoms with Crippen LogP contribution in [0.3, 0.4) is 0 Å². The molecule has 1 unspecified atom stereocenters. The first-order valence-corrected chi connectivity index (χ1v) is 6.72. The molecule has 3 nitrogen and oxygen atoms in total. The van der Waals surface area contributed by atoms with Crippen molar-refractivity contribution >= 4 is 5.91 Å². The van der Waals surface area contributed by atoms with Gasteiger partial charge in [-0.3, -0.25) is 4.79 Å². The van der Waals surface area contributed by atoms with Crippen molar-refractivity contribution in [2.45, 2.75) is 50.6 Å². The number of nitrogens with two attached hydrogens (primary N) is 1. The summed E-state index contributed by atoms with van der Waals surface area (Å²) in [5.74, 6) is -0.266. The number of rotatable bonds is 5. The first-order chi connectivity index (χ1) is 8.60. The number of benzene rings is 1. The van der Waals surface area contributed by atoms with E-state index in [0.29, 0.717) is 12.5 Å². The number of nitrogens with one attached hydrogen (secondary N) is 1. The van der Waals surface area contributed by atoms with E-state index in [4.69, 9.17) is 5.73 Å². The van der Waals surface area contributed by atoms with Crippen LogP contribution < -0.4 is 11.1 Å². The van der Waals surface area contributed by atoms with Gasteiger partial charge in [0.05, 0.1) is 5.54 Å². The fourth-order valence-corrected chi connectivity index (χ4v) is 2.73. The van der Waals surface area contributed by atoms with Gasteiger partial charge in [-0.25, -0.2) is 0 Å². The van der Waals surface area contributed by atoms with Gasteiger partial charge in [0.1, 0.15) is 0 Å². The number of amides is 1. The van der Waals surface area contributed by atoms with Crippen LogP contribution in [0.25, 0.3) is 0 Å². The van der Waals surface area contributed by atoms with Crippen molar-refractivity contribution in [1.29, 1.82) is 0 Å². The normalized spacial score (nSPS) is 19.6. The predicted molar refractivity (Wildman–Crippen MR) is 73.1 cm³/mol. The molecule has 1 atom stereocenters. The molecule has 18 heavy (non-hydrogen) atoms. The summed E-state index contributed by atoms with van der Waals surface area (Å²) in [4.78, 5) is 11.8. The fraction of sp³-hybridized carbons (Fsp3) is 0.533. The van der Waals surface area contributed by atoms with Crippen molar-refractivity contribution in [2.75, 3.05) is 0 Å². The second-order valence-corrected chi connectivity index (χ2v) is 5.48. The van der Waals surface area contributed by atoms with E-state index in [0.717, 1.165) is 18.4 Å². The molecule has 0 heterocycles. The number of hydrogen-bond acceptors (Lipinski definition) is 2. The van der Waals surface area contributed by atoms with E-state index < -0.39 is 5.54 Å². The zero-order valence-electron chi connectivity index (χ0n) is 11.0. The first-order valence-electron chi connectivity index (χ1n) is 6.72. The van der Waals surface area contributed by atoms with Gasteiger partial charge < -0.3 is 11.1 Å². The summed E-state index contributed by atoms with van der Waals surface area (Å²) >= 11 is 0. The largest absolute Gasteiger partial charge is 0.368 e. The lowest BCUT2D eigenvalue weighted by Gasteiger charge is -2.31.